The van der Waals surface area contributed by atoms with Crippen molar-refractivity contribution in [3.8, 4) is 0 Å². The van der Waals surface area contributed by atoms with Gasteiger partial charge in [0.2, 0.25) is 0 Å². The Balaban J connectivity index is 1.37. The molecule has 2 atom stereocenters. The number of benzene rings is 2. The van der Waals surface area contributed by atoms with Crippen LogP contribution >= 0.6 is 0 Å². The molecule has 0 heterocycles. The molecule has 106 valence electrons. The third-order valence-corrected chi connectivity index (χ3v) is 5.60. The molecule has 0 aromatic heterocycles. The molecule has 0 saturated carbocycles. The SMILES string of the molecule is C(=CC1C=Cc2ccccc21)[Si]CC1C=Cc2ccccc21. The molecule has 0 saturated heterocycles. The zero-order chi connectivity index (χ0) is 14.8. The van der Waals surface area contributed by atoms with E-state index in [1.54, 1.807) is 0 Å². The number of allylic oxidation sites excluding steroid dienone is 3. The maximum atomic E-state index is 2.38. The number of hydrogen-bond acceptors (Lipinski definition) is 0. The van der Waals surface area contributed by atoms with Gasteiger partial charge in [0.05, 0.1) is 9.52 Å². The maximum absolute atomic E-state index is 2.38. The fourth-order valence-corrected chi connectivity index (χ4v) is 4.40. The molecule has 0 N–H and O–H groups in total. The van der Waals surface area contributed by atoms with Gasteiger partial charge in [0.15, 0.2) is 0 Å². The normalized spacial score (nSPS) is 21.5. The van der Waals surface area contributed by atoms with E-state index in [0.29, 0.717) is 11.8 Å². The molecular weight excluding hydrogens is 280 g/mol. The largest absolute Gasteiger partial charge is 0.102 e. The molecule has 2 aliphatic rings. The summed E-state index contributed by atoms with van der Waals surface area (Å²) in [4.78, 5) is 0. The molecule has 2 aromatic carbocycles. The van der Waals surface area contributed by atoms with Gasteiger partial charge >= 0.3 is 0 Å². The summed E-state index contributed by atoms with van der Waals surface area (Å²) in [6.45, 7) is 0. The van der Waals surface area contributed by atoms with Gasteiger partial charge in [-0.3, -0.25) is 0 Å². The van der Waals surface area contributed by atoms with Crippen LogP contribution in [0.4, 0.5) is 0 Å². The monoisotopic (exact) mass is 298 g/mol. The topological polar surface area (TPSA) is 0 Å². The van der Waals surface area contributed by atoms with E-state index < -0.39 is 0 Å². The predicted octanol–water partition coefficient (Wildman–Crippen LogP) is 5.24. The molecule has 0 fully saturated rings. The van der Waals surface area contributed by atoms with Gasteiger partial charge in [-0.1, -0.05) is 78.9 Å². The molecule has 0 spiro atoms. The van der Waals surface area contributed by atoms with Crippen LogP contribution in [-0.4, -0.2) is 9.52 Å². The van der Waals surface area contributed by atoms with Crippen molar-refractivity contribution in [3.63, 3.8) is 0 Å². The van der Waals surface area contributed by atoms with Gasteiger partial charge in [-0.25, -0.2) is 0 Å². The van der Waals surface area contributed by atoms with Crippen LogP contribution in [0.1, 0.15) is 34.1 Å². The minimum absolute atomic E-state index is 0.468. The van der Waals surface area contributed by atoms with Gasteiger partial charge < -0.3 is 0 Å². The van der Waals surface area contributed by atoms with E-state index in [-0.39, 0.29) is 0 Å². The van der Waals surface area contributed by atoms with Crippen LogP contribution in [0, 0.1) is 0 Å². The summed E-state index contributed by atoms with van der Waals surface area (Å²) < 4.78 is 0. The van der Waals surface area contributed by atoms with Crippen molar-refractivity contribution < 1.29 is 0 Å². The van der Waals surface area contributed by atoms with Gasteiger partial charge in [-0.2, -0.15) is 0 Å². The molecule has 2 unspecified atom stereocenters. The Labute approximate surface area is 134 Å². The Hall–Kier alpha value is -2.12. The Morgan fingerprint density at radius 2 is 1.50 bits per heavy atom. The van der Waals surface area contributed by atoms with Crippen LogP contribution in [0.3, 0.4) is 0 Å². The number of fused-ring (bicyclic) bond motifs is 2. The van der Waals surface area contributed by atoms with Crippen molar-refractivity contribution in [2.24, 2.45) is 0 Å². The van der Waals surface area contributed by atoms with E-state index in [2.05, 4.69) is 84.6 Å². The zero-order valence-electron chi connectivity index (χ0n) is 12.4. The van der Waals surface area contributed by atoms with Crippen LogP contribution in [0.15, 0.2) is 72.5 Å². The van der Waals surface area contributed by atoms with Crippen LogP contribution < -0.4 is 0 Å². The van der Waals surface area contributed by atoms with Crippen molar-refractivity contribution in [1.29, 1.82) is 0 Å². The summed E-state index contributed by atoms with van der Waals surface area (Å²) in [5.74, 6) is 1.07. The van der Waals surface area contributed by atoms with E-state index in [9.17, 15) is 0 Å². The van der Waals surface area contributed by atoms with E-state index in [4.69, 9.17) is 0 Å². The molecule has 2 radical (unpaired) electrons. The fraction of sp³-hybridized carbons (Fsp3) is 0.143. The van der Waals surface area contributed by atoms with E-state index in [1.165, 1.54) is 28.3 Å². The molecule has 0 amide bonds. The smallest absolute Gasteiger partial charge is 0.0708 e. The molecule has 22 heavy (non-hydrogen) atoms. The molecule has 2 aliphatic carbocycles. The van der Waals surface area contributed by atoms with Crippen LogP contribution in [-0.2, 0) is 0 Å². The van der Waals surface area contributed by atoms with Gasteiger partial charge in [-0.15, -0.1) is 5.70 Å². The lowest BCUT2D eigenvalue weighted by molar-refractivity contribution is 0.981. The molecule has 1 heteroatoms. The first-order chi connectivity index (χ1) is 10.9. The van der Waals surface area contributed by atoms with Crippen molar-refractivity contribution in [2.75, 3.05) is 0 Å². The Bertz CT molecular complexity index is 767. The summed E-state index contributed by atoms with van der Waals surface area (Å²) in [5.41, 5.74) is 8.08. The second-order valence-corrected chi connectivity index (χ2v) is 7.03. The highest BCUT2D eigenvalue weighted by molar-refractivity contribution is 6.42. The zero-order valence-corrected chi connectivity index (χ0v) is 13.4. The molecule has 0 nitrogen and oxygen atoms in total. The fourth-order valence-electron chi connectivity index (χ4n) is 3.31. The van der Waals surface area contributed by atoms with E-state index >= 15 is 0 Å². The van der Waals surface area contributed by atoms with Crippen molar-refractivity contribution >= 4 is 21.7 Å². The molecule has 0 aliphatic heterocycles. The molecule has 0 bridgehead atoms. The summed E-state index contributed by atoms with van der Waals surface area (Å²) in [6.07, 6.45) is 11.5. The summed E-state index contributed by atoms with van der Waals surface area (Å²) in [7, 11) is 0.876. The van der Waals surface area contributed by atoms with Gasteiger partial charge in [0.25, 0.3) is 0 Å². The van der Waals surface area contributed by atoms with Crippen LogP contribution in [0.25, 0.3) is 12.2 Å². The predicted molar refractivity (Wildman–Crippen MR) is 96.1 cm³/mol. The second-order valence-electron chi connectivity index (χ2n) is 5.88. The Morgan fingerprint density at radius 1 is 0.818 bits per heavy atom. The molecule has 2 aromatic rings. The van der Waals surface area contributed by atoms with Crippen LogP contribution in [0.5, 0.6) is 0 Å². The lowest BCUT2D eigenvalue weighted by Gasteiger charge is -2.09. The standard InChI is InChI=1S/C21H18Si/c1-3-7-20-16(5-1)9-10-18(20)13-14-22-15-19-12-11-17-6-2-4-8-21(17)19/h1-14,18-19H,15H2. The quantitative estimate of drug-likeness (QED) is 0.677. The van der Waals surface area contributed by atoms with Gasteiger partial charge in [0.1, 0.15) is 0 Å². The Morgan fingerprint density at radius 3 is 2.36 bits per heavy atom. The molecule has 4 rings (SSSR count). The Kier molecular flexibility index (Phi) is 3.65. The average Bonchev–Trinajstić information content (AvgIpc) is 3.16. The van der Waals surface area contributed by atoms with E-state index in [1.807, 2.05) is 0 Å². The first-order valence-electron chi connectivity index (χ1n) is 7.86. The van der Waals surface area contributed by atoms with Gasteiger partial charge in [-0.05, 0) is 28.3 Å². The minimum Gasteiger partial charge on any atom is -0.102 e. The summed E-state index contributed by atoms with van der Waals surface area (Å²) >= 11 is 0. The summed E-state index contributed by atoms with van der Waals surface area (Å²) in [5, 5.41) is 0. The van der Waals surface area contributed by atoms with Crippen molar-refractivity contribution in [1.82, 2.24) is 0 Å². The van der Waals surface area contributed by atoms with Gasteiger partial charge in [0, 0.05) is 11.8 Å². The van der Waals surface area contributed by atoms with Crippen molar-refractivity contribution in [3.05, 3.63) is 94.7 Å². The second kappa shape index (κ2) is 5.94. The third kappa shape index (κ3) is 2.53. The van der Waals surface area contributed by atoms with E-state index in [0.717, 1.165) is 9.52 Å². The highest BCUT2D eigenvalue weighted by Crippen LogP contribution is 2.33. The summed E-state index contributed by atoms with van der Waals surface area (Å²) in [6, 6.07) is 18.7. The highest BCUT2D eigenvalue weighted by atomic mass is 28.2. The lowest BCUT2D eigenvalue weighted by atomic mass is 10.0. The number of rotatable bonds is 4. The first kappa shape index (κ1) is 13.5. The van der Waals surface area contributed by atoms with Crippen LogP contribution in [0.2, 0.25) is 6.04 Å². The van der Waals surface area contributed by atoms with Crippen molar-refractivity contribution in [2.45, 2.75) is 17.9 Å². The first-order valence-corrected chi connectivity index (χ1v) is 9.14. The lowest BCUT2D eigenvalue weighted by Crippen LogP contribution is -1.97. The molecular formula is C21H18Si. The maximum Gasteiger partial charge on any atom is 0.0708 e. The highest BCUT2D eigenvalue weighted by Gasteiger charge is 2.16. The minimum atomic E-state index is 0.468. The average molecular weight is 298 g/mol. The number of hydrogen-bond donors (Lipinski definition) is 0. The third-order valence-electron chi connectivity index (χ3n) is 4.50.